The van der Waals surface area contributed by atoms with Crippen molar-refractivity contribution < 1.29 is 4.74 Å². The number of hydrogen-bond donors (Lipinski definition) is 1. The maximum Gasteiger partial charge on any atom is 0.0575 e. The number of ether oxygens (including phenoxy) is 1. The van der Waals surface area contributed by atoms with E-state index in [0.717, 1.165) is 35.1 Å². The average Bonchev–Trinajstić information content (AvgIpc) is 2.47. The molecule has 4 heteroatoms. The van der Waals surface area contributed by atoms with Crippen LogP contribution in [0.2, 0.25) is 0 Å². The molecule has 0 amide bonds. The lowest BCUT2D eigenvalue weighted by molar-refractivity contribution is 0.0273. The van der Waals surface area contributed by atoms with Gasteiger partial charge in [-0.2, -0.15) is 0 Å². The molecule has 0 unspecified atom stereocenters. The summed E-state index contributed by atoms with van der Waals surface area (Å²) in [4.78, 5) is 0. The van der Waals surface area contributed by atoms with Crippen LogP contribution in [-0.2, 0) is 11.3 Å². The molecule has 1 aliphatic carbocycles. The third kappa shape index (κ3) is 5.84. The summed E-state index contributed by atoms with van der Waals surface area (Å²) in [6.07, 6.45) is 8.24. The Hall–Kier alpha value is 0.1000. The molecule has 2 nitrogen and oxygen atoms in total. The molecular formula is C16H23Br2NO. The minimum Gasteiger partial charge on any atom is -0.378 e. The average molecular weight is 405 g/mol. The fourth-order valence-corrected chi connectivity index (χ4v) is 3.23. The maximum absolute atomic E-state index is 5.92. The van der Waals surface area contributed by atoms with Crippen molar-refractivity contribution in [1.82, 2.24) is 5.32 Å². The highest BCUT2D eigenvalue weighted by molar-refractivity contribution is 9.13. The normalized spacial score (nSPS) is 16.5. The van der Waals surface area contributed by atoms with Crippen molar-refractivity contribution in [1.29, 1.82) is 0 Å². The molecule has 20 heavy (non-hydrogen) atoms. The van der Waals surface area contributed by atoms with E-state index in [0.29, 0.717) is 6.10 Å². The summed E-state index contributed by atoms with van der Waals surface area (Å²) in [6.45, 7) is 2.82. The predicted octanol–water partition coefficient (Wildman–Crippen LogP) is 5.04. The van der Waals surface area contributed by atoms with Crippen LogP contribution in [0.5, 0.6) is 0 Å². The summed E-state index contributed by atoms with van der Waals surface area (Å²) in [5.41, 5.74) is 1.30. The van der Waals surface area contributed by atoms with Gasteiger partial charge in [-0.3, -0.25) is 0 Å². The molecule has 0 spiro atoms. The molecule has 0 aliphatic heterocycles. The first-order chi connectivity index (χ1) is 9.75. The Balaban J connectivity index is 1.53. The van der Waals surface area contributed by atoms with E-state index in [4.69, 9.17) is 4.74 Å². The van der Waals surface area contributed by atoms with Gasteiger partial charge < -0.3 is 10.1 Å². The van der Waals surface area contributed by atoms with E-state index in [-0.39, 0.29) is 0 Å². The standard InChI is InChI=1S/C16H23Br2NO/c17-15-8-7-13(11-16(15)18)12-19-9-4-10-20-14-5-2-1-3-6-14/h7-8,11,14,19H,1-6,9-10,12H2. The third-order valence-corrected chi connectivity index (χ3v) is 5.60. The van der Waals surface area contributed by atoms with Gasteiger partial charge in [0.25, 0.3) is 0 Å². The molecule has 0 bridgehead atoms. The van der Waals surface area contributed by atoms with E-state index in [2.05, 4.69) is 55.4 Å². The SMILES string of the molecule is Brc1ccc(CNCCCOC2CCCCC2)cc1Br. The van der Waals surface area contributed by atoms with E-state index in [9.17, 15) is 0 Å². The first kappa shape index (κ1) is 16.5. The van der Waals surface area contributed by atoms with E-state index < -0.39 is 0 Å². The summed E-state index contributed by atoms with van der Waals surface area (Å²) < 4.78 is 8.12. The second-order valence-electron chi connectivity index (χ2n) is 5.41. The van der Waals surface area contributed by atoms with Gasteiger partial charge in [0.2, 0.25) is 0 Å². The van der Waals surface area contributed by atoms with Gasteiger partial charge >= 0.3 is 0 Å². The van der Waals surface area contributed by atoms with Crippen LogP contribution < -0.4 is 5.32 Å². The summed E-state index contributed by atoms with van der Waals surface area (Å²) in [6, 6.07) is 6.36. The molecule has 1 saturated carbocycles. The lowest BCUT2D eigenvalue weighted by Crippen LogP contribution is -2.20. The highest BCUT2D eigenvalue weighted by Gasteiger charge is 2.12. The van der Waals surface area contributed by atoms with Gasteiger partial charge in [0.15, 0.2) is 0 Å². The summed E-state index contributed by atoms with van der Waals surface area (Å²) in [7, 11) is 0. The van der Waals surface area contributed by atoms with Crippen molar-refractivity contribution in [2.24, 2.45) is 0 Å². The van der Waals surface area contributed by atoms with E-state index in [1.54, 1.807) is 0 Å². The van der Waals surface area contributed by atoms with Crippen LogP contribution in [0.15, 0.2) is 27.1 Å². The van der Waals surface area contributed by atoms with E-state index >= 15 is 0 Å². The molecule has 1 aliphatic rings. The monoisotopic (exact) mass is 403 g/mol. The van der Waals surface area contributed by atoms with Gasteiger partial charge in [0.05, 0.1) is 6.10 Å². The molecule has 1 aromatic rings. The van der Waals surface area contributed by atoms with Crippen molar-refractivity contribution in [3.63, 3.8) is 0 Å². The van der Waals surface area contributed by atoms with Crippen molar-refractivity contribution in [2.45, 2.75) is 51.2 Å². The minimum absolute atomic E-state index is 0.533. The number of benzene rings is 1. The number of rotatable bonds is 7. The smallest absolute Gasteiger partial charge is 0.0575 e. The number of nitrogens with one attached hydrogen (secondary N) is 1. The second-order valence-corrected chi connectivity index (χ2v) is 7.12. The van der Waals surface area contributed by atoms with Gasteiger partial charge in [0.1, 0.15) is 0 Å². The highest BCUT2D eigenvalue weighted by atomic mass is 79.9. The first-order valence-corrected chi connectivity index (χ1v) is 9.10. The molecule has 0 heterocycles. The Kier molecular flexibility index (Phi) is 7.56. The molecule has 0 atom stereocenters. The van der Waals surface area contributed by atoms with Crippen LogP contribution in [0.3, 0.4) is 0 Å². The van der Waals surface area contributed by atoms with Gasteiger partial charge in [0, 0.05) is 22.1 Å². The zero-order valence-electron chi connectivity index (χ0n) is 11.8. The lowest BCUT2D eigenvalue weighted by Gasteiger charge is -2.21. The van der Waals surface area contributed by atoms with Crippen molar-refractivity contribution in [3.05, 3.63) is 32.7 Å². The molecule has 1 fully saturated rings. The molecule has 1 N–H and O–H groups in total. The molecule has 1 aromatic carbocycles. The Bertz CT molecular complexity index is 405. The Morgan fingerprint density at radius 2 is 1.90 bits per heavy atom. The second kappa shape index (κ2) is 9.19. The maximum atomic E-state index is 5.92. The minimum atomic E-state index is 0.533. The highest BCUT2D eigenvalue weighted by Crippen LogP contribution is 2.23. The zero-order chi connectivity index (χ0) is 14.2. The molecule has 0 saturated heterocycles. The topological polar surface area (TPSA) is 21.3 Å². The molecule has 2 rings (SSSR count). The lowest BCUT2D eigenvalue weighted by atomic mass is 9.98. The van der Waals surface area contributed by atoms with Crippen LogP contribution >= 0.6 is 31.9 Å². The van der Waals surface area contributed by atoms with Crippen molar-refractivity contribution in [2.75, 3.05) is 13.2 Å². The fraction of sp³-hybridized carbons (Fsp3) is 0.625. The largest absolute Gasteiger partial charge is 0.378 e. The predicted molar refractivity (Wildman–Crippen MR) is 91.0 cm³/mol. The molecule has 112 valence electrons. The van der Waals surface area contributed by atoms with Gasteiger partial charge in [-0.1, -0.05) is 25.3 Å². The summed E-state index contributed by atoms with van der Waals surface area (Å²) in [5, 5.41) is 3.47. The quantitative estimate of drug-likeness (QED) is 0.642. The Morgan fingerprint density at radius 3 is 2.65 bits per heavy atom. The number of hydrogen-bond acceptors (Lipinski definition) is 2. The molecule has 0 aromatic heterocycles. The third-order valence-electron chi connectivity index (χ3n) is 3.72. The van der Waals surface area contributed by atoms with Gasteiger partial charge in [-0.25, -0.2) is 0 Å². The van der Waals surface area contributed by atoms with Crippen LogP contribution in [0, 0.1) is 0 Å². The first-order valence-electron chi connectivity index (χ1n) is 7.52. The van der Waals surface area contributed by atoms with E-state index in [1.165, 1.54) is 37.7 Å². The number of halogens is 2. The van der Waals surface area contributed by atoms with Crippen LogP contribution in [0.1, 0.15) is 44.1 Å². The van der Waals surface area contributed by atoms with E-state index in [1.807, 2.05) is 0 Å². The summed E-state index contributed by atoms with van der Waals surface area (Å²) >= 11 is 7.01. The van der Waals surface area contributed by atoms with Crippen molar-refractivity contribution in [3.8, 4) is 0 Å². The summed E-state index contributed by atoms with van der Waals surface area (Å²) in [5.74, 6) is 0. The van der Waals surface area contributed by atoms with Crippen LogP contribution in [0.4, 0.5) is 0 Å². The van der Waals surface area contributed by atoms with Crippen LogP contribution in [-0.4, -0.2) is 19.3 Å². The Morgan fingerprint density at radius 1 is 1.10 bits per heavy atom. The fourth-order valence-electron chi connectivity index (χ4n) is 2.56. The van der Waals surface area contributed by atoms with Gasteiger partial charge in [-0.15, -0.1) is 0 Å². The molecule has 0 radical (unpaired) electrons. The van der Waals surface area contributed by atoms with Crippen LogP contribution in [0.25, 0.3) is 0 Å². The van der Waals surface area contributed by atoms with Gasteiger partial charge in [-0.05, 0) is 75.4 Å². The molecular weight excluding hydrogens is 382 g/mol. The zero-order valence-corrected chi connectivity index (χ0v) is 15.0. The van der Waals surface area contributed by atoms with Crippen molar-refractivity contribution >= 4 is 31.9 Å². The Labute approximate surface area is 138 Å².